The maximum Gasteiger partial charge on any atom is 0.238 e. The van der Waals surface area contributed by atoms with Crippen molar-refractivity contribution >= 4 is 29.1 Å². The van der Waals surface area contributed by atoms with Crippen molar-refractivity contribution in [2.45, 2.75) is 24.9 Å². The van der Waals surface area contributed by atoms with Gasteiger partial charge in [0.25, 0.3) is 0 Å². The highest BCUT2D eigenvalue weighted by atomic mass is 35.5. The highest BCUT2D eigenvalue weighted by Crippen LogP contribution is 2.37. The molecule has 2 saturated heterocycles. The summed E-state index contributed by atoms with van der Waals surface area (Å²) in [6.07, 6.45) is -0.152. The minimum atomic E-state index is -0.752. The van der Waals surface area contributed by atoms with Crippen LogP contribution in [0.1, 0.15) is 24.3 Å². The second-order valence-corrected chi connectivity index (χ2v) is 6.18. The number of piperidine rings is 1. The predicted octanol–water partition coefficient (Wildman–Crippen LogP) is 0.842. The van der Waals surface area contributed by atoms with Gasteiger partial charge >= 0.3 is 0 Å². The molecule has 2 amide bonds. The van der Waals surface area contributed by atoms with Gasteiger partial charge in [-0.3, -0.25) is 14.5 Å². The maximum absolute atomic E-state index is 14.3. The van der Waals surface area contributed by atoms with E-state index in [1.54, 1.807) is 4.90 Å². The molecule has 0 radical (unpaired) electrons. The molecule has 2 fully saturated rings. The summed E-state index contributed by atoms with van der Waals surface area (Å²) in [5.41, 5.74) is 0.590. The van der Waals surface area contributed by atoms with Gasteiger partial charge in [0.2, 0.25) is 11.8 Å². The van der Waals surface area contributed by atoms with Gasteiger partial charge < -0.3 is 15.1 Å². The zero-order valence-electron chi connectivity index (χ0n) is 12.2. The van der Waals surface area contributed by atoms with Crippen LogP contribution in [0.3, 0.4) is 0 Å². The minimum Gasteiger partial charge on any atom is -0.389 e. The number of aliphatic hydroxyl groups is 2. The number of nitrogens with zero attached hydrogens (tertiary/aromatic N) is 2. The van der Waals surface area contributed by atoms with Crippen LogP contribution in [0.2, 0.25) is 5.02 Å². The molecule has 6 nitrogen and oxygen atoms in total. The summed E-state index contributed by atoms with van der Waals surface area (Å²) in [4.78, 5) is 26.3. The lowest BCUT2D eigenvalue weighted by molar-refractivity contribution is -0.153. The molecular formula is C15H16ClFN2O4. The lowest BCUT2D eigenvalue weighted by atomic mass is 9.89. The monoisotopic (exact) mass is 342 g/mol. The number of aliphatic hydroxyl groups excluding tert-OH is 2. The molecule has 0 aromatic heterocycles. The van der Waals surface area contributed by atoms with Crippen LogP contribution >= 0.6 is 11.6 Å². The van der Waals surface area contributed by atoms with Gasteiger partial charge in [0.15, 0.2) is 0 Å². The van der Waals surface area contributed by atoms with Crippen molar-refractivity contribution in [2.24, 2.45) is 0 Å². The summed E-state index contributed by atoms with van der Waals surface area (Å²) in [6, 6.07) is 2.64. The third-order valence-electron chi connectivity index (χ3n) is 4.30. The molecule has 124 valence electrons. The number of hydrogen-bond acceptors (Lipinski definition) is 5. The third kappa shape index (κ3) is 2.80. The van der Waals surface area contributed by atoms with Crippen LogP contribution in [0.15, 0.2) is 12.1 Å². The molecular weight excluding hydrogens is 327 g/mol. The Balaban J connectivity index is 1.90. The number of amides is 2. The number of carbonyl (C=O) groups excluding carboxylic acids is 2. The fraction of sp³-hybridized carbons (Fsp3) is 0.467. The van der Waals surface area contributed by atoms with Gasteiger partial charge in [0.1, 0.15) is 12.5 Å². The summed E-state index contributed by atoms with van der Waals surface area (Å²) >= 11 is 6.21. The number of hydrogen-bond donors (Lipinski definition) is 2. The summed E-state index contributed by atoms with van der Waals surface area (Å²) in [5.74, 6) is -2.30. The number of benzene rings is 1. The van der Waals surface area contributed by atoms with Gasteiger partial charge in [0.05, 0.1) is 17.7 Å². The quantitative estimate of drug-likeness (QED) is 0.796. The van der Waals surface area contributed by atoms with E-state index < -0.39 is 36.4 Å². The Kier molecular flexibility index (Phi) is 4.27. The Morgan fingerprint density at radius 3 is 2.61 bits per heavy atom. The standard InChI is InChI=1S/C15H16ClFN2O4/c16-11-4-13(18-5-8(21)6-18)12(17)3-10(11)9-1-2-14(22)19(7-20)15(9)23/h3-4,8-9,20-21H,1-2,5-7H2. The summed E-state index contributed by atoms with van der Waals surface area (Å²) in [6.45, 7) is -0.0263. The number of imide groups is 1. The van der Waals surface area contributed by atoms with Crippen molar-refractivity contribution < 1.29 is 24.2 Å². The first-order chi connectivity index (χ1) is 10.9. The normalized spacial score (nSPS) is 22.5. The van der Waals surface area contributed by atoms with Crippen LogP contribution in [0.4, 0.5) is 10.1 Å². The van der Waals surface area contributed by atoms with Gasteiger partial charge in [-0.1, -0.05) is 11.6 Å². The number of likely N-dealkylation sites (tertiary alicyclic amines) is 1. The Labute approximate surface area is 137 Å². The fourth-order valence-corrected chi connectivity index (χ4v) is 3.28. The van der Waals surface area contributed by atoms with E-state index in [1.165, 1.54) is 12.1 Å². The minimum absolute atomic E-state index is 0.0922. The lowest BCUT2D eigenvalue weighted by Gasteiger charge is -2.38. The van der Waals surface area contributed by atoms with E-state index in [-0.39, 0.29) is 23.6 Å². The van der Waals surface area contributed by atoms with Gasteiger partial charge in [-0.2, -0.15) is 0 Å². The van der Waals surface area contributed by atoms with E-state index in [4.69, 9.17) is 16.7 Å². The first kappa shape index (κ1) is 16.2. The average molecular weight is 343 g/mol. The molecule has 8 heteroatoms. The van der Waals surface area contributed by atoms with E-state index in [0.29, 0.717) is 18.7 Å². The summed E-state index contributed by atoms with van der Waals surface area (Å²) < 4.78 is 14.3. The number of rotatable bonds is 3. The zero-order valence-corrected chi connectivity index (χ0v) is 13.0. The summed E-state index contributed by atoms with van der Waals surface area (Å²) in [5, 5.41) is 18.7. The van der Waals surface area contributed by atoms with Crippen molar-refractivity contribution in [1.29, 1.82) is 0 Å². The van der Waals surface area contributed by atoms with Crippen LogP contribution in [0.25, 0.3) is 0 Å². The largest absolute Gasteiger partial charge is 0.389 e. The Morgan fingerprint density at radius 2 is 2.00 bits per heavy atom. The zero-order chi connectivity index (χ0) is 16.7. The molecule has 2 heterocycles. The molecule has 2 aliphatic rings. The number of β-amino-alcohol motifs (C(OH)–C–C–N with tert-alkyl or cyclic N) is 1. The maximum atomic E-state index is 14.3. The SMILES string of the molecule is O=C1CCC(c2cc(F)c(N3CC(O)C3)cc2Cl)C(=O)N1CO. The van der Waals surface area contributed by atoms with Crippen LogP contribution in [0.5, 0.6) is 0 Å². The highest BCUT2D eigenvalue weighted by molar-refractivity contribution is 6.32. The number of anilines is 1. The van der Waals surface area contributed by atoms with Gasteiger partial charge in [-0.25, -0.2) is 4.39 Å². The summed E-state index contributed by atoms with van der Waals surface area (Å²) in [7, 11) is 0. The fourth-order valence-electron chi connectivity index (χ4n) is 2.99. The van der Waals surface area contributed by atoms with Crippen molar-refractivity contribution in [2.75, 3.05) is 24.7 Å². The van der Waals surface area contributed by atoms with Gasteiger partial charge in [-0.15, -0.1) is 0 Å². The van der Waals surface area contributed by atoms with E-state index in [9.17, 15) is 19.1 Å². The number of carbonyl (C=O) groups is 2. The molecule has 2 aliphatic heterocycles. The van der Waals surface area contributed by atoms with Crippen LogP contribution in [0, 0.1) is 5.82 Å². The Hall–Kier alpha value is -1.70. The highest BCUT2D eigenvalue weighted by Gasteiger charge is 2.37. The molecule has 1 atom stereocenters. The van der Waals surface area contributed by atoms with Gasteiger partial charge in [-0.05, 0) is 24.1 Å². The molecule has 0 saturated carbocycles. The average Bonchev–Trinajstić information content (AvgIpc) is 2.47. The number of halogens is 2. The lowest BCUT2D eigenvalue weighted by Crippen LogP contribution is -2.51. The van der Waals surface area contributed by atoms with Gasteiger partial charge in [0, 0.05) is 24.5 Å². The van der Waals surface area contributed by atoms with Crippen molar-refractivity contribution in [1.82, 2.24) is 4.90 Å². The Bertz CT molecular complexity index is 663. The van der Waals surface area contributed by atoms with E-state index in [0.717, 1.165) is 4.90 Å². The topological polar surface area (TPSA) is 81.1 Å². The van der Waals surface area contributed by atoms with E-state index in [1.807, 2.05) is 0 Å². The first-order valence-electron chi connectivity index (χ1n) is 7.29. The molecule has 0 aliphatic carbocycles. The molecule has 3 rings (SSSR count). The molecule has 1 aromatic rings. The molecule has 1 aromatic carbocycles. The van der Waals surface area contributed by atoms with Crippen LogP contribution in [-0.2, 0) is 9.59 Å². The van der Waals surface area contributed by atoms with Crippen LogP contribution < -0.4 is 4.90 Å². The molecule has 1 unspecified atom stereocenters. The Morgan fingerprint density at radius 1 is 1.30 bits per heavy atom. The predicted molar refractivity (Wildman–Crippen MR) is 80.5 cm³/mol. The van der Waals surface area contributed by atoms with E-state index in [2.05, 4.69) is 0 Å². The van der Waals surface area contributed by atoms with Crippen molar-refractivity contribution in [3.05, 3.63) is 28.5 Å². The second-order valence-electron chi connectivity index (χ2n) is 5.78. The first-order valence-corrected chi connectivity index (χ1v) is 7.67. The molecule has 23 heavy (non-hydrogen) atoms. The molecule has 0 spiro atoms. The van der Waals surface area contributed by atoms with Crippen LogP contribution in [-0.4, -0.2) is 52.9 Å². The van der Waals surface area contributed by atoms with E-state index >= 15 is 0 Å². The third-order valence-corrected chi connectivity index (χ3v) is 4.63. The molecule has 2 N–H and O–H groups in total. The second kappa shape index (κ2) is 6.07. The van der Waals surface area contributed by atoms with Crippen molar-refractivity contribution in [3.63, 3.8) is 0 Å². The van der Waals surface area contributed by atoms with Crippen molar-refractivity contribution in [3.8, 4) is 0 Å². The smallest absolute Gasteiger partial charge is 0.238 e. The molecule has 0 bridgehead atoms.